The molecular formula is C18H27NO2. The maximum atomic E-state index is 5.49. The van der Waals surface area contributed by atoms with E-state index in [-0.39, 0.29) is 0 Å². The molecule has 0 bridgehead atoms. The molecule has 3 nitrogen and oxygen atoms in total. The van der Waals surface area contributed by atoms with Crippen LogP contribution in [0.25, 0.3) is 0 Å². The molecule has 0 aliphatic heterocycles. The summed E-state index contributed by atoms with van der Waals surface area (Å²) in [5, 5.41) is 3.70. The average Bonchev–Trinajstić information content (AvgIpc) is 2.55. The molecule has 3 heteroatoms. The third kappa shape index (κ3) is 3.28. The van der Waals surface area contributed by atoms with E-state index in [1.165, 1.54) is 44.9 Å². The van der Waals surface area contributed by atoms with Gasteiger partial charge in [-0.05, 0) is 43.2 Å². The van der Waals surface area contributed by atoms with Crippen molar-refractivity contribution >= 4 is 5.69 Å². The largest absolute Gasteiger partial charge is 0.497 e. The van der Waals surface area contributed by atoms with Gasteiger partial charge in [0.25, 0.3) is 0 Å². The van der Waals surface area contributed by atoms with Crippen LogP contribution in [0, 0.1) is 11.8 Å². The first-order valence-electron chi connectivity index (χ1n) is 8.28. The summed E-state index contributed by atoms with van der Waals surface area (Å²) in [5.74, 6) is 3.65. The summed E-state index contributed by atoms with van der Waals surface area (Å²) in [7, 11) is 3.41. The van der Waals surface area contributed by atoms with Gasteiger partial charge in [0, 0.05) is 12.1 Å². The highest BCUT2D eigenvalue weighted by Gasteiger charge is 2.32. The Morgan fingerprint density at radius 1 is 0.952 bits per heavy atom. The Morgan fingerprint density at radius 3 is 2.52 bits per heavy atom. The number of rotatable bonds is 4. The topological polar surface area (TPSA) is 30.5 Å². The lowest BCUT2D eigenvalue weighted by molar-refractivity contribution is 0.162. The highest BCUT2D eigenvalue weighted by molar-refractivity contribution is 5.59. The predicted octanol–water partition coefficient (Wildman–Crippen LogP) is 4.47. The summed E-state index contributed by atoms with van der Waals surface area (Å²) in [6.45, 7) is 0. The Labute approximate surface area is 128 Å². The smallest absolute Gasteiger partial charge is 0.145 e. The molecule has 21 heavy (non-hydrogen) atoms. The second-order valence-corrected chi connectivity index (χ2v) is 6.53. The van der Waals surface area contributed by atoms with Crippen molar-refractivity contribution in [2.24, 2.45) is 11.8 Å². The van der Waals surface area contributed by atoms with Gasteiger partial charge in [0.05, 0.1) is 19.9 Å². The van der Waals surface area contributed by atoms with Crippen LogP contribution < -0.4 is 14.8 Å². The first-order valence-corrected chi connectivity index (χ1v) is 8.28. The van der Waals surface area contributed by atoms with Crippen LogP contribution >= 0.6 is 0 Å². The minimum atomic E-state index is 0.589. The van der Waals surface area contributed by atoms with Crippen LogP contribution in [-0.2, 0) is 0 Å². The summed E-state index contributed by atoms with van der Waals surface area (Å²) >= 11 is 0. The lowest BCUT2D eigenvalue weighted by atomic mass is 9.69. The molecule has 2 aliphatic carbocycles. The van der Waals surface area contributed by atoms with E-state index < -0.39 is 0 Å². The van der Waals surface area contributed by atoms with E-state index in [0.717, 1.165) is 29.0 Å². The van der Waals surface area contributed by atoms with Crippen molar-refractivity contribution in [2.45, 2.75) is 51.0 Å². The second kappa shape index (κ2) is 6.59. The van der Waals surface area contributed by atoms with Gasteiger partial charge >= 0.3 is 0 Å². The fraction of sp³-hybridized carbons (Fsp3) is 0.667. The van der Waals surface area contributed by atoms with Crippen LogP contribution in [0.5, 0.6) is 11.5 Å². The van der Waals surface area contributed by atoms with E-state index in [0.29, 0.717) is 6.04 Å². The molecule has 3 atom stereocenters. The van der Waals surface area contributed by atoms with Gasteiger partial charge in [-0.3, -0.25) is 0 Å². The minimum Gasteiger partial charge on any atom is -0.497 e. The van der Waals surface area contributed by atoms with Crippen molar-refractivity contribution in [2.75, 3.05) is 19.5 Å². The molecule has 2 saturated carbocycles. The number of methoxy groups -OCH3 is 2. The van der Waals surface area contributed by atoms with Gasteiger partial charge in [-0.25, -0.2) is 0 Å². The van der Waals surface area contributed by atoms with Crippen LogP contribution in [0.3, 0.4) is 0 Å². The summed E-state index contributed by atoms with van der Waals surface area (Å²) in [5.41, 5.74) is 1.09. The Morgan fingerprint density at radius 2 is 1.76 bits per heavy atom. The van der Waals surface area contributed by atoms with E-state index in [1.807, 2.05) is 12.1 Å². The average molecular weight is 289 g/mol. The summed E-state index contributed by atoms with van der Waals surface area (Å²) in [6, 6.07) is 6.61. The molecular weight excluding hydrogens is 262 g/mol. The summed E-state index contributed by atoms with van der Waals surface area (Å²) < 4.78 is 10.8. The Kier molecular flexibility index (Phi) is 4.57. The molecule has 1 N–H and O–H groups in total. The quantitative estimate of drug-likeness (QED) is 0.886. The van der Waals surface area contributed by atoms with Gasteiger partial charge in [-0.2, -0.15) is 0 Å². The standard InChI is InChI=1S/C18H27NO2/c1-20-16-9-10-17(18(12-16)21-2)19-15-8-7-13-5-3-4-6-14(13)11-15/h9-10,12-15,19H,3-8,11H2,1-2H3. The van der Waals surface area contributed by atoms with Gasteiger partial charge in [0.15, 0.2) is 0 Å². The zero-order valence-electron chi connectivity index (χ0n) is 13.2. The van der Waals surface area contributed by atoms with E-state index in [9.17, 15) is 0 Å². The van der Waals surface area contributed by atoms with Crippen molar-refractivity contribution in [3.63, 3.8) is 0 Å². The first-order chi connectivity index (χ1) is 10.3. The molecule has 3 unspecified atom stereocenters. The molecule has 3 rings (SSSR count). The molecule has 0 heterocycles. The molecule has 116 valence electrons. The highest BCUT2D eigenvalue weighted by atomic mass is 16.5. The maximum Gasteiger partial charge on any atom is 0.145 e. The second-order valence-electron chi connectivity index (χ2n) is 6.53. The van der Waals surface area contributed by atoms with Gasteiger partial charge in [-0.1, -0.05) is 25.7 Å². The molecule has 0 aromatic heterocycles. The van der Waals surface area contributed by atoms with Crippen molar-refractivity contribution < 1.29 is 9.47 Å². The maximum absolute atomic E-state index is 5.49. The molecule has 0 radical (unpaired) electrons. The van der Waals surface area contributed by atoms with Crippen LogP contribution in [0.1, 0.15) is 44.9 Å². The Hall–Kier alpha value is -1.38. The summed E-state index contributed by atoms with van der Waals surface area (Å²) in [6.07, 6.45) is 9.77. The number of hydrogen-bond donors (Lipinski definition) is 1. The zero-order valence-corrected chi connectivity index (χ0v) is 13.2. The van der Waals surface area contributed by atoms with Gasteiger partial charge in [0.1, 0.15) is 11.5 Å². The first kappa shape index (κ1) is 14.6. The van der Waals surface area contributed by atoms with E-state index in [4.69, 9.17) is 9.47 Å². The van der Waals surface area contributed by atoms with Crippen LogP contribution in [0.15, 0.2) is 18.2 Å². The number of nitrogens with one attached hydrogen (secondary N) is 1. The zero-order chi connectivity index (χ0) is 14.7. The third-order valence-electron chi connectivity index (χ3n) is 5.31. The fourth-order valence-corrected chi connectivity index (χ4v) is 4.14. The van der Waals surface area contributed by atoms with Crippen molar-refractivity contribution in [1.82, 2.24) is 0 Å². The number of ether oxygens (including phenoxy) is 2. The SMILES string of the molecule is COc1ccc(NC2CCC3CCCCC3C2)c(OC)c1. The molecule has 0 amide bonds. The minimum absolute atomic E-state index is 0.589. The van der Waals surface area contributed by atoms with Gasteiger partial charge < -0.3 is 14.8 Å². The summed E-state index contributed by atoms with van der Waals surface area (Å²) in [4.78, 5) is 0. The number of hydrogen-bond acceptors (Lipinski definition) is 3. The van der Waals surface area contributed by atoms with Crippen LogP contribution in [0.2, 0.25) is 0 Å². The third-order valence-corrected chi connectivity index (χ3v) is 5.31. The normalized spacial score (nSPS) is 28.6. The fourth-order valence-electron chi connectivity index (χ4n) is 4.14. The molecule has 0 spiro atoms. The van der Waals surface area contributed by atoms with E-state index >= 15 is 0 Å². The van der Waals surface area contributed by atoms with E-state index in [2.05, 4.69) is 11.4 Å². The van der Waals surface area contributed by atoms with Crippen molar-refractivity contribution in [1.29, 1.82) is 0 Å². The van der Waals surface area contributed by atoms with Crippen molar-refractivity contribution in [3.05, 3.63) is 18.2 Å². The van der Waals surface area contributed by atoms with Crippen molar-refractivity contribution in [3.8, 4) is 11.5 Å². The van der Waals surface area contributed by atoms with Gasteiger partial charge in [0.2, 0.25) is 0 Å². The number of anilines is 1. The number of benzene rings is 1. The predicted molar refractivity (Wildman–Crippen MR) is 86.3 cm³/mol. The van der Waals surface area contributed by atoms with Gasteiger partial charge in [-0.15, -0.1) is 0 Å². The molecule has 0 saturated heterocycles. The number of fused-ring (bicyclic) bond motifs is 1. The monoisotopic (exact) mass is 289 g/mol. The molecule has 2 aliphatic rings. The lowest BCUT2D eigenvalue weighted by Gasteiger charge is -2.40. The van der Waals surface area contributed by atoms with Crippen LogP contribution in [-0.4, -0.2) is 20.3 Å². The molecule has 2 fully saturated rings. The Balaban J connectivity index is 1.66. The van der Waals surface area contributed by atoms with E-state index in [1.54, 1.807) is 14.2 Å². The lowest BCUT2D eigenvalue weighted by Crippen LogP contribution is -2.34. The molecule has 1 aromatic rings. The van der Waals surface area contributed by atoms with Crippen LogP contribution in [0.4, 0.5) is 5.69 Å². The molecule has 1 aromatic carbocycles. The highest BCUT2D eigenvalue weighted by Crippen LogP contribution is 2.42. The Bertz CT molecular complexity index is 474.